The van der Waals surface area contributed by atoms with Crippen LogP contribution in [0.1, 0.15) is 16.2 Å². The number of methoxy groups -OCH3 is 1. The van der Waals surface area contributed by atoms with Crippen molar-refractivity contribution in [1.29, 1.82) is 0 Å². The van der Waals surface area contributed by atoms with E-state index in [2.05, 4.69) is 25.8 Å². The maximum Gasteiger partial charge on any atom is 0.274 e. The van der Waals surface area contributed by atoms with Crippen LogP contribution in [-0.4, -0.2) is 28.1 Å². The highest BCUT2D eigenvalue weighted by atomic mass is 35.5. The zero-order valence-electron chi connectivity index (χ0n) is 13.4. The number of hydrogen-bond donors (Lipinski definition) is 2. The minimum absolute atomic E-state index is 0.185. The van der Waals surface area contributed by atoms with Crippen molar-refractivity contribution in [3.63, 3.8) is 0 Å². The number of carbonyl (C=O) groups excluding carboxylic acids is 1. The number of anilines is 3. The number of nitrogens with one attached hydrogen (secondary N) is 2. The molecule has 25 heavy (non-hydrogen) atoms. The number of benzene rings is 1. The molecule has 1 amide bonds. The molecule has 0 bridgehead atoms. The normalized spacial score (nSPS) is 10.4. The average molecular weight is 360 g/mol. The predicted molar refractivity (Wildman–Crippen MR) is 92.5 cm³/mol. The number of ether oxygens (including phenoxy) is 1. The minimum atomic E-state index is -0.400. The van der Waals surface area contributed by atoms with Gasteiger partial charge >= 0.3 is 0 Å². The van der Waals surface area contributed by atoms with Crippen LogP contribution in [-0.2, 0) is 0 Å². The van der Waals surface area contributed by atoms with Crippen LogP contribution in [0.2, 0.25) is 5.02 Å². The molecule has 0 aliphatic carbocycles. The molecule has 0 aliphatic rings. The second-order valence-electron chi connectivity index (χ2n) is 5.02. The highest BCUT2D eigenvalue weighted by Gasteiger charge is 2.11. The summed E-state index contributed by atoms with van der Waals surface area (Å²) in [6.45, 7) is 1.77. The van der Waals surface area contributed by atoms with E-state index >= 15 is 0 Å². The molecule has 0 fully saturated rings. The fourth-order valence-electron chi connectivity index (χ4n) is 2.02. The molecule has 0 unspecified atom stereocenters. The van der Waals surface area contributed by atoms with Gasteiger partial charge in [0.2, 0.25) is 5.95 Å². The molecule has 0 saturated heterocycles. The van der Waals surface area contributed by atoms with Crippen LogP contribution in [0, 0.1) is 6.92 Å². The second-order valence-corrected chi connectivity index (χ2v) is 5.42. The van der Waals surface area contributed by atoms with Crippen LogP contribution in [0.3, 0.4) is 0 Å². The van der Waals surface area contributed by atoms with Gasteiger partial charge in [0.1, 0.15) is 17.2 Å². The number of hydrogen-bond acceptors (Lipinski definition) is 7. The molecule has 0 aliphatic heterocycles. The molecule has 1 aromatic carbocycles. The first-order valence-electron chi connectivity index (χ1n) is 7.23. The molecule has 2 heterocycles. The van der Waals surface area contributed by atoms with E-state index < -0.39 is 5.91 Å². The van der Waals surface area contributed by atoms with Crippen LogP contribution in [0.5, 0.6) is 5.75 Å². The van der Waals surface area contributed by atoms with Crippen LogP contribution in [0.25, 0.3) is 0 Å². The molecule has 128 valence electrons. The van der Waals surface area contributed by atoms with Crippen molar-refractivity contribution in [2.45, 2.75) is 6.92 Å². The zero-order valence-corrected chi connectivity index (χ0v) is 14.2. The van der Waals surface area contributed by atoms with Crippen LogP contribution in [0.15, 0.2) is 41.1 Å². The highest BCUT2D eigenvalue weighted by molar-refractivity contribution is 6.32. The third-order valence-electron chi connectivity index (χ3n) is 3.17. The van der Waals surface area contributed by atoms with Gasteiger partial charge in [0, 0.05) is 18.0 Å². The molecule has 3 aromatic rings. The second kappa shape index (κ2) is 7.18. The van der Waals surface area contributed by atoms with E-state index in [1.165, 1.54) is 19.4 Å². The van der Waals surface area contributed by atoms with E-state index in [1.807, 2.05) is 0 Å². The predicted octanol–water partition coefficient (Wildman–Crippen LogP) is 3.43. The quantitative estimate of drug-likeness (QED) is 0.719. The molecular formula is C16H14ClN5O3. The fraction of sp³-hybridized carbons (Fsp3) is 0.125. The summed E-state index contributed by atoms with van der Waals surface area (Å²) in [6.07, 6.45) is 1.47. The summed E-state index contributed by atoms with van der Waals surface area (Å²) in [6, 6.07) is 8.13. The van der Waals surface area contributed by atoms with E-state index in [-0.39, 0.29) is 11.6 Å². The molecule has 0 atom stereocenters. The van der Waals surface area contributed by atoms with Crippen LogP contribution >= 0.6 is 11.6 Å². The van der Waals surface area contributed by atoms with Gasteiger partial charge in [-0.05, 0) is 31.2 Å². The molecule has 0 saturated carbocycles. The summed E-state index contributed by atoms with van der Waals surface area (Å²) in [4.78, 5) is 20.6. The number of nitrogens with zero attached hydrogens (tertiary/aromatic N) is 3. The van der Waals surface area contributed by atoms with Gasteiger partial charge in [0.05, 0.1) is 12.1 Å². The number of aromatic nitrogens is 3. The number of halogens is 1. The van der Waals surface area contributed by atoms with Gasteiger partial charge in [-0.1, -0.05) is 16.8 Å². The van der Waals surface area contributed by atoms with E-state index in [0.717, 1.165) is 0 Å². The maximum absolute atomic E-state index is 12.4. The Kier molecular flexibility index (Phi) is 4.80. The molecule has 2 aromatic heterocycles. The molecule has 0 radical (unpaired) electrons. The van der Waals surface area contributed by atoms with E-state index in [4.69, 9.17) is 20.9 Å². The van der Waals surface area contributed by atoms with Gasteiger partial charge in [-0.2, -0.15) is 0 Å². The first-order valence-corrected chi connectivity index (χ1v) is 7.61. The number of amides is 1. The van der Waals surface area contributed by atoms with E-state index in [0.29, 0.717) is 28.0 Å². The van der Waals surface area contributed by atoms with Gasteiger partial charge < -0.3 is 19.9 Å². The Morgan fingerprint density at radius 2 is 2.12 bits per heavy atom. The summed E-state index contributed by atoms with van der Waals surface area (Å²) in [5.41, 5.74) is 0.709. The van der Waals surface area contributed by atoms with Crippen molar-refractivity contribution in [2.75, 3.05) is 17.7 Å². The first kappa shape index (κ1) is 16.7. The van der Waals surface area contributed by atoms with Crippen LogP contribution < -0.4 is 15.4 Å². The average Bonchev–Trinajstić information content (AvgIpc) is 3.00. The molecule has 8 nitrogen and oxygen atoms in total. The summed E-state index contributed by atoms with van der Waals surface area (Å²) < 4.78 is 10.0. The summed E-state index contributed by atoms with van der Waals surface area (Å²) in [5.74, 6) is 1.46. The summed E-state index contributed by atoms with van der Waals surface area (Å²) >= 11 is 6.05. The number of aryl methyl sites for hydroxylation is 1. The Morgan fingerprint density at radius 3 is 2.80 bits per heavy atom. The molecule has 3 rings (SSSR count). The smallest absolute Gasteiger partial charge is 0.274 e. The van der Waals surface area contributed by atoms with Crippen molar-refractivity contribution in [1.82, 2.24) is 15.1 Å². The largest absolute Gasteiger partial charge is 0.495 e. The Hall–Kier alpha value is -3.13. The molecular weight excluding hydrogens is 346 g/mol. The third-order valence-corrected chi connectivity index (χ3v) is 3.46. The monoisotopic (exact) mass is 359 g/mol. The number of carbonyl (C=O) groups is 1. The van der Waals surface area contributed by atoms with Crippen LogP contribution in [0.4, 0.5) is 17.5 Å². The number of rotatable bonds is 5. The Balaban J connectivity index is 1.73. The van der Waals surface area contributed by atoms with Gasteiger partial charge in [-0.15, -0.1) is 0 Å². The lowest BCUT2D eigenvalue weighted by Crippen LogP contribution is -2.14. The SMILES string of the molecule is COc1ccc(NC(=O)c2ccnc(Nc3cc(C)on3)n2)cc1Cl. The van der Waals surface area contributed by atoms with Crippen molar-refractivity contribution in [3.8, 4) is 5.75 Å². The van der Waals surface area contributed by atoms with Crippen molar-refractivity contribution < 1.29 is 14.1 Å². The van der Waals surface area contributed by atoms with Gasteiger partial charge in [-0.3, -0.25) is 4.79 Å². The third kappa shape index (κ3) is 4.04. The minimum Gasteiger partial charge on any atom is -0.495 e. The lowest BCUT2D eigenvalue weighted by Gasteiger charge is -2.08. The lowest BCUT2D eigenvalue weighted by molar-refractivity contribution is 0.102. The summed E-state index contributed by atoms with van der Waals surface area (Å²) in [7, 11) is 1.52. The topological polar surface area (TPSA) is 102 Å². The molecule has 0 spiro atoms. The van der Waals surface area contributed by atoms with E-state index in [9.17, 15) is 4.79 Å². The van der Waals surface area contributed by atoms with Gasteiger partial charge in [0.15, 0.2) is 5.82 Å². The van der Waals surface area contributed by atoms with Gasteiger partial charge in [0.25, 0.3) is 5.91 Å². The molecule has 2 N–H and O–H groups in total. The lowest BCUT2D eigenvalue weighted by atomic mass is 10.3. The fourth-order valence-corrected chi connectivity index (χ4v) is 2.28. The summed E-state index contributed by atoms with van der Waals surface area (Å²) in [5, 5.41) is 9.76. The van der Waals surface area contributed by atoms with Crippen molar-refractivity contribution >= 4 is 35.0 Å². The first-order chi connectivity index (χ1) is 12.0. The van der Waals surface area contributed by atoms with Crippen molar-refractivity contribution in [2.24, 2.45) is 0 Å². The maximum atomic E-state index is 12.4. The van der Waals surface area contributed by atoms with Crippen molar-refractivity contribution in [3.05, 3.63) is 53.0 Å². The van der Waals surface area contributed by atoms with E-state index in [1.54, 1.807) is 31.2 Å². The zero-order chi connectivity index (χ0) is 17.8. The Bertz CT molecular complexity index is 912. The Morgan fingerprint density at radius 1 is 1.28 bits per heavy atom. The Labute approximate surface area is 148 Å². The molecule has 9 heteroatoms. The standard InChI is InChI=1S/C16H14ClN5O3/c1-9-7-14(22-25-9)21-16-18-6-5-12(20-16)15(23)19-10-3-4-13(24-2)11(17)8-10/h3-8H,1-2H3,(H,19,23)(H,18,20,21,22). The van der Waals surface area contributed by atoms with Gasteiger partial charge in [-0.25, -0.2) is 9.97 Å². The highest BCUT2D eigenvalue weighted by Crippen LogP contribution is 2.27.